The number of hydrogen-bond acceptors (Lipinski definition) is 18. The number of aryl methyl sites for hydroxylation is 1. The first-order valence-electron chi connectivity index (χ1n) is 18.7. The van der Waals surface area contributed by atoms with Crippen LogP contribution in [-0.2, 0) is 69.6 Å². The molecule has 0 radical (unpaired) electrons. The number of ether oxygens (including phenoxy) is 5. The fraction of sp³-hybridized carbons (Fsp3) is 0.447. The number of carbonyl (C=O) groups excluding carboxylic acids is 4. The number of anilines is 1. The number of fused-ring (bicyclic) bond motifs is 1. The summed E-state index contributed by atoms with van der Waals surface area (Å²) in [5.74, 6) is -0.832. The lowest BCUT2D eigenvalue weighted by atomic mass is 10.2. The van der Waals surface area contributed by atoms with E-state index in [9.17, 15) is 33.7 Å². The second-order valence-corrected chi connectivity index (χ2v) is 14.3. The van der Waals surface area contributed by atoms with Gasteiger partial charge in [0.25, 0.3) is 12.9 Å². The summed E-state index contributed by atoms with van der Waals surface area (Å²) in [6.45, 7) is 1.66. The van der Waals surface area contributed by atoms with Crippen molar-refractivity contribution >= 4 is 61.6 Å². The van der Waals surface area contributed by atoms with Gasteiger partial charge in [0, 0.05) is 43.5 Å². The maximum absolute atomic E-state index is 15.0. The highest BCUT2D eigenvalue weighted by atomic mass is 31.2. The molecule has 0 fully saturated rings. The molecule has 326 valence electrons. The topological polar surface area (TPSA) is 250 Å². The molecule has 1 aromatic carbocycles. The van der Waals surface area contributed by atoms with Gasteiger partial charge in [0.1, 0.15) is 42.7 Å². The summed E-state index contributed by atoms with van der Waals surface area (Å²) >= 11 is 0. The monoisotopic (exact) mass is 863 g/mol. The smallest absolute Gasteiger partial charge is 0.464 e. The number of halogens is 1. The van der Waals surface area contributed by atoms with Gasteiger partial charge in [0.2, 0.25) is 5.95 Å². The SMILES string of the molecule is Cc1ccc2cc(/C=C/c3ccc(N(CCO)CCn4cc(COC(=O)CCCOCCOC(=O)CCCOP(=O)(O)OCC(COC=O)OC=O)nn4)nc3F)oc2c1. The van der Waals surface area contributed by atoms with Crippen LogP contribution in [0.2, 0.25) is 0 Å². The number of aliphatic hydroxyl groups excluding tert-OH is 1. The van der Waals surface area contributed by atoms with Crippen LogP contribution >= 0.6 is 7.82 Å². The molecule has 4 aromatic rings. The van der Waals surface area contributed by atoms with Gasteiger partial charge < -0.3 is 43.0 Å². The molecule has 2 unspecified atom stereocenters. The van der Waals surface area contributed by atoms with Crippen molar-refractivity contribution in [3.05, 3.63) is 71.1 Å². The molecule has 0 aliphatic carbocycles. The predicted octanol–water partition coefficient (Wildman–Crippen LogP) is 3.55. The van der Waals surface area contributed by atoms with E-state index in [1.54, 1.807) is 35.4 Å². The van der Waals surface area contributed by atoms with Gasteiger partial charge in [-0.05, 0) is 61.7 Å². The molecule has 20 nitrogen and oxygen atoms in total. The molecule has 60 heavy (non-hydrogen) atoms. The largest absolute Gasteiger partial charge is 0.472 e. The molecular formula is C38H47FN5O15P. The number of rotatable bonds is 30. The average Bonchev–Trinajstić information content (AvgIpc) is 3.86. The number of furan rings is 1. The summed E-state index contributed by atoms with van der Waals surface area (Å²) in [5, 5.41) is 18.7. The van der Waals surface area contributed by atoms with Gasteiger partial charge in [-0.2, -0.15) is 4.39 Å². The average molecular weight is 864 g/mol. The van der Waals surface area contributed by atoms with Gasteiger partial charge in [-0.25, -0.2) is 9.55 Å². The highest BCUT2D eigenvalue weighted by molar-refractivity contribution is 7.47. The summed E-state index contributed by atoms with van der Waals surface area (Å²) in [5.41, 5.74) is 2.51. The molecule has 0 spiro atoms. The molecule has 3 heterocycles. The zero-order valence-electron chi connectivity index (χ0n) is 32.8. The fourth-order valence-corrected chi connectivity index (χ4v) is 6.03. The standard InChI is InChI=1S/C38H47FN5O15P/c1-28-6-7-30-21-32(59-34(30)20-28)10-8-29-9-11-35(40-38(29)39)43(14-15-45)12-13-44-22-31(41-42-44)23-55-37(49)4-2-16-52-18-19-54-36(48)5-3-17-57-60(50,51)58-25-33(56-27-47)24-53-26-46/h6-11,20-22,26-27,33,45H,2-5,12-19,23-25H2,1H3,(H,50,51)/b10-8+. The normalized spacial score (nSPS) is 12.9. The quantitative estimate of drug-likeness (QED) is 0.0190. The summed E-state index contributed by atoms with van der Waals surface area (Å²) in [4.78, 5) is 60.3. The van der Waals surface area contributed by atoms with Crippen molar-refractivity contribution in [2.24, 2.45) is 0 Å². The van der Waals surface area contributed by atoms with Gasteiger partial charge in [-0.1, -0.05) is 17.3 Å². The van der Waals surface area contributed by atoms with Crippen LogP contribution in [0.15, 0.2) is 47.0 Å². The lowest BCUT2D eigenvalue weighted by Gasteiger charge is -2.22. The van der Waals surface area contributed by atoms with E-state index < -0.39 is 38.4 Å². The number of phosphoric ester groups is 1. The number of hydrogen-bond donors (Lipinski definition) is 2. The van der Waals surface area contributed by atoms with E-state index in [1.165, 1.54) is 4.68 Å². The molecule has 2 atom stereocenters. The second kappa shape index (κ2) is 25.1. The molecule has 0 saturated carbocycles. The lowest BCUT2D eigenvalue weighted by molar-refractivity contribution is -0.145. The first kappa shape index (κ1) is 47.1. The Morgan fingerprint density at radius 2 is 1.77 bits per heavy atom. The highest BCUT2D eigenvalue weighted by Crippen LogP contribution is 2.43. The number of aliphatic hydroxyl groups is 1. The number of nitrogens with zero attached hydrogens (tertiary/aromatic N) is 5. The van der Waals surface area contributed by atoms with E-state index in [0.717, 1.165) is 16.5 Å². The van der Waals surface area contributed by atoms with Crippen LogP contribution in [-0.4, -0.2) is 120 Å². The number of carbonyl (C=O) groups is 4. The minimum Gasteiger partial charge on any atom is -0.464 e. The molecule has 0 amide bonds. The Morgan fingerprint density at radius 1 is 0.967 bits per heavy atom. The molecule has 0 bridgehead atoms. The summed E-state index contributed by atoms with van der Waals surface area (Å²) in [6.07, 6.45) is 4.10. The Morgan fingerprint density at radius 3 is 2.53 bits per heavy atom. The van der Waals surface area contributed by atoms with E-state index >= 15 is 4.39 Å². The molecule has 0 aliphatic heterocycles. The van der Waals surface area contributed by atoms with Gasteiger partial charge in [0.15, 0.2) is 6.10 Å². The maximum Gasteiger partial charge on any atom is 0.472 e. The van der Waals surface area contributed by atoms with Crippen LogP contribution in [0, 0.1) is 12.9 Å². The summed E-state index contributed by atoms with van der Waals surface area (Å²) in [7, 11) is -4.53. The van der Waals surface area contributed by atoms with Crippen LogP contribution in [0.5, 0.6) is 0 Å². The van der Waals surface area contributed by atoms with E-state index in [0.29, 0.717) is 36.8 Å². The van der Waals surface area contributed by atoms with Crippen LogP contribution in [0.4, 0.5) is 10.2 Å². The number of esters is 2. The Labute approximate surface area is 343 Å². The van der Waals surface area contributed by atoms with E-state index in [4.69, 9.17) is 23.2 Å². The Kier molecular flexibility index (Phi) is 19.7. The van der Waals surface area contributed by atoms with Gasteiger partial charge >= 0.3 is 19.8 Å². The minimum absolute atomic E-state index is 0.0401. The van der Waals surface area contributed by atoms with Crippen molar-refractivity contribution in [1.82, 2.24) is 20.0 Å². The van der Waals surface area contributed by atoms with E-state index in [1.807, 2.05) is 31.2 Å². The number of benzene rings is 1. The van der Waals surface area contributed by atoms with Gasteiger partial charge in [-0.15, -0.1) is 5.10 Å². The fourth-order valence-electron chi connectivity index (χ4n) is 5.24. The van der Waals surface area contributed by atoms with Crippen molar-refractivity contribution in [1.29, 1.82) is 0 Å². The van der Waals surface area contributed by atoms with Crippen LogP contribution < -0.4 is 4.90 Å². The molecule has 0 aliphatic rings. The third-order valence-electron chi connectivity index (χ3n) is 8.21. The van der Waals surface area contributed by atoms with Crippen molar-refractivity contribution in [3.63, 3.8) is 0 Å². The van der Waals surface area contributed by atoms with Crippen molar-refractivity contribution in [2.75, 3.05) is 64.2 Å². The third-order valence-corrected chi connectivity index (χ3v) is 9.19. The number of phosphoric acid groups is 1. The summed E-state index contributed by atoms with van der Waals surface area (Å²) in [6, 6.07) is 11.0. The van der Waals surface area contributed by atoms with Crippen LogP contribution in [0.1, 0.15) is 48.3 Å². The predicted molar refractivity (Wildman–Crippen MR) is 208 cm³/mol. The number of pyridine rings is 1. The van der Waals surface area contributed by atoms with Gasteiger partial charge in [-0.3, -0.25) is 32.9 Å². The molecule has 0 saturated heterocycles. The zero-order valence-corrected chi connectivity index (χ0v) is 33.7. The second-order valence-electron chi connectivity index (χ2n) is 12.8. The van der Waals surface area contributed by atoms with E-state index in [-0.39, 0.29) is 90.6 Å². The van der Waals surface area contributed by atoms with Crippen molar-refractivity contribution in [2.45, 2.75) is 51.9 Å². The Balaban J connectivity index is 1.05. The maximum atomic E-state index is 15.0. The van der Waals surface area contributed by atoms with Crippen molar-refractivity contribution in [3.8, 4) is 0 Å². The highest BCUT2D eigenvalue weighted by Gasteiger charge is 2.24. The molecule has 4 rings (SSSR count). The van der Waals surface area contributed by atoms with Gasteiger partial charge in [0.05, 0.1) is 39.2 Å². The zero-order chi connectivity index (χ0) is 43.2. The molecule has 3 aromatic heterocycles. The third kappa shape index (κ3) is 17.0. The molecule has 22 heteroatoms. The summed E-state index contributed by atoms with van der Waals surface area (Å²) < 4.78 is 68.4. The minimum atomic E-state index is -4.53. The number of aromatic nitrogens is 4. The Bertz CT molecular complexity index is 2060. The molecular weight excluding hydrogens is 816 g/mol. The van der Waals surface area contributed by atoms with Crippen LogP contribution in [0.3, 0.4) is 0 Å². The first-order valence-corrected chi connectivity index (χ1v) is 20.2. The van der Waals surface area contributed by atoms with Crippen LogP contribution in [0.25, 0.3) is 23.1 Å². The Hall–Kier alpha value is -5.57. The van der Waals surface area contributed by atoms with E-state index in [2.05, 4.69) is 29.3 Å². The first-order chi connectivity index (χ1) is 29.0. The molecule has 2 N–H and O–H groups in total. The van der Waals surface area contributed by atoms with Crippen molar-refractivity contribution < 1.29 is 75.3 Å². The lowest BCUT2D eigenvalue weighted by Crippen LogP contribution is -2.31.